The van der Waals surface area contributed by atoms with Crippen molar-refractivity contribution in [3.8, 4) is 11.8 Å². The molecule has 4 heteroatoms. The van der Waals surface area contributed by atoms with Crippen LogP contribution in [0.15, 0.2) is 18.2 Å². The lowest BCUT2D eigenvalue weighted by atomic mass is 10.0. The summed E-state index contributed by atoms with van der Waals surface area (Å²) >= 11 is 0. The summed E-state index contributed by atoms with van der Waals surface area (Å²) in [5, 5.41) is 8.28. The van der Waals surface area contributed by atoms with E-state index in [-0.39, 0.29) is 5.56 Å². The van der Waals surface area contributed by atoms with Crippen LogP contribution < -0.4 is 4.74 Å². The third-order valence-electron chi connectivity index (χ3n) is 2.12. The van der Waals surface area contributed by atoms with E-state index in [4.69, 9.17) is 10.00 Å². The first-order chi connectivity index (χ1) is 7.01. The molecule has 1 aromatic rings. The van der Waals surface area contributed by atoms with Crippen molar-refractivity contribution in [3.05, 3.63) is 29.3 Å². The third kappa shape index (κ3) is 2.44. The molecule has 1 aromatic carbocycles. The standard InChI is InChI=1S/C11H11F2NO/c1-8-7-9(3-4-10(8)15-2)11(12,13)5-6-14/h3-4,7H,5H2,1-2H3. The third-order valence-corrected chi connectivity index (χ3v) is 2.12. The number of hydrogen-bond donors (Lipinski definition) is 0. The number of rotatable bonds is 3. The molecule has 0 atom stereocenters. The molecule has 0 fully saturated rings. The number of hydrogen-bond acceptors (Lipinski definition) is 2. The molecule has 0 unspecified atom stereocenters. The lowest BCUT2D eigenvalue weighted by Gasteiger charge is -2.14. The zero-order valence-corrected chi connectivity index (χ0v) is 8.55. The van der Waals surface area contributed by atoms with Gasteiger partial charge in [-0.25, -0.2) is 8.78 Å². The van der Waals surface area contributed by atoms with Crippen molar-refractivity contribution in [1.29, 1.82) is 5.26 Å². The molecular weight excluding hydrogens is 200 g/mol. The van der Waals surface area contributed by atoms with Gasteiger partial charge < -0.3 is 4.74 Å². The SMILES string of the molecule is COc1ccc(C(F)(F)CC#N)cc1C. The van der Waals surface area contributed by atoms with Gasteiger partial charge in [-0.1, -0.05) is 0 Å². The van der Waals surface area contributed by atoms with Crippen molar-refractivity contribution in [1.82, 2.24) is 0 Å². The van der Waals surface area contributed by atoms with Gasteiger partial charge in [-0.05, 0) is 30.7 Å². The molecule has 0 aliphatic rings. The van der Waals surface area contributed by atoms with Crippen molar-refractivity contribution < 1.29 is 13.5 Å². The molecule has 0 spiro atoms. The van der Waals surface area contributed by atoms with E-state index in [2.05, 4.69) is 0 Å². The van der Waals surface area contributed by atoms with Crippen LogP contribution in [0, 0.1) is 18.3 Å². The Bertz CT molecular complexity index is 396. The zero-order valence-electron chi connectivity index (χ0n) is 8.55. The average Bonchev–Trinajstić information content (AvgIpc) is 2.17. The first-order valence-electron chi connectivity index (χ1n) is 4.41. The number of benzene rings is 1. The van der Waals surface area contributed by atoms with E-state index in [1.807, 2.05) is 0 Å². The Morgan fingerprint density at radius 2 is 2.13 bits per heavy atom. The molecule has 0 aliphatic carbocycles. The van der Waals surface area contributed by atoms with Gasteiger partial charge in [0.05, 0.1) is 13.2 Å². The highest BCUT2D eigenvalue weighted by atomic mass is 19.3. The monoisotopic (exact) mass is 211 g/mol. The van der Waals surface area contributed by atoms with Crippen LogP contribution in [-0.2, 0) is 5.92 Å². The number of ether oxygens (including phenoxy) is 1. The maximum atomic E-state index is 13.3. The van der Waals surface area contributed by atoms with Crippen molar-refractivity contribution in [2.24, 2.45) is 0 Å². The number of methoxy groups -OCH3 is 1. The summed E-state index contributed by atoms with van der Waals surface area (Å²) in [6.45, 7) is 1.69. The summed E-state index contributed by atoms with van der Waals surface area (Å²) < 4.78 is 31.6. The minimum atomic E-state index is -3.09. The Morgan fingerprint density at radius 1 is 1.47 bits per heavy atom. The summed E-state index contributed by atoms with van der Waals surface area (Å²) in [6, 6.07) is 5.58. The second-order valence-corrected chi connectivity index (χ2v) is 3.22. The van der Waals surface area contributed by atoms with Gasteiger partial charge in [0.25, 0.3) is 5.92 Å². The summed E-state index contributed by atoms with van der Waals surface area (Å²) in [5.41, 5.74) is 0.481. The molecule has 0 radical (unpaired) electrons. The molecular formula is C11H11F2NO. The van der Waals surface area contributed by atoms with Gasteiger partial charge in [0.2, 0.25) is 0 Å². The lowest BCUT2D eigenvalue weighted by Crippen LogP contribution is -2.12. The van der Waals surface area contributed by atoms with Crippen molar-refractivity contribution >= 4 is 0 Å². The minimum Gasteiger partial charge on any atom is -0.496 e. The van der Waals surface area contributed by atoms with Crippen molar-refractivity contribution in [2.45, 2.75) is 19.3 Å². The van der Waals surface area contributed by atoms with Gasteiger partial charge in [0, 0.05) is 5.56 Å². The fourth-order valence-electron chi connectivity index (χ4n) is 1.31. The van der Waals surface area contributed by atoms with Gasteiger partial charge >= 0.3 is 0 Å². The van der Waals surface area contributed by atoms with Crippen LogP contribution in [0.4, 0.5) is 8.78 Å². The predicted molar refractivity (Wildman–Crippen MR) is 51.9 cm³/mol. The fourth-order valence-corrected chi connectivity index (χ4v) is 1.31. The minimum absolute atomic E-state index is 0.151. The summed E-state index contributed by atoms with van der Waals surface area (Å²) in [7, 11) is 1.48. The molecule has 0 heterocycles. The second-order valence-electron chi connectivity index (χ2n) is 3.22. The van der Waals surface area contributed by atoms with Crippen LogP contribution in [0.1, 0.15) is 17.5 Å². The Hall–Kier alpha value is -1.63. The van der Waals surface area contributed by atoms with Gasteiger partial charge in [-0.2, -0.15) is 5.26 Å². The molecule has 0 aliphatic heterocycles. The van der Waals surface area contributed by atoms with Crippen molar-refractivity contribution in [3.63, 3.8) is 0 Å². The average molecular weight is 211 g/mol. The molecule has 0 saturated carbocycles. The molecule has 0 bridgehead atoms. The predicted octanol–water partition coefficient (Wildman–Crippen LogP) is 3.01. The first-order valence-corrected chi connectivity index (χ1v) is 4.41. The smallest absolute Gasteiger partial charge is 0.286 e. The van der Waals surface area contributed by atoms with Crippen LogP contribution in [0.25, 0.3) is 0 Å². The fraction of sp³-hybridized carbons (Fsp3) is 0.364. The number of alkyl halides is 2. The highest BCUT2D eigenvalue weighted by molar-refractivity contribution is 5.38. The number of halogens is 2. The van der Waals surface area contributed by atoms with Gasteiger partial charge in [-0.15, -0.1) is 0 Å². The molecule has 0 aromatic heterocycles. The number of aryl methyl sites for hydroxylation is 1. The number of nitrogens with zero attached hydrogens (tertiary/aromatic N) is 1. The van der Waals surface area contributed by atoms with Crippen LogP contribution in [-0.4, -0.2) is 7.11 Å². The molecule has 2 nitrogen and oxygen atoms in total. The molecule has 80 valence electrons. The highest BCUT2D eigenvalue weighted by Gasteiger charge is 2.31. The summed E-state index contributed by atoms with van der Waals surface area (Å²) in [6.07, 6.45) is -0.807. The molecule has 1 rings (SSSR count). The Balaban J connectivity index is 3.08. The van der Waals surface area contributed by atoms with Crippen molar-refractivity contribution in [2.75, 3.05) is 7.11 Å². The molecule has 0 saturated heterocycles. The Morgan fingerprint density at radius 3 is 2.60 bits per heavy atom. The van der Waals surface area contributed by atoms with E-state index in [1.165, 1.54) is 31.4 Å². The maximum absolute atomic E-state index is 13.3. The van der Waals surface area contributed by atoms with E-state index in [9.17, 15) is 8.78 Å². The Kier molecular flexibility index (Phi) is 3.25. The highest BCUT2D eigenvalue weighted by Crippen LogP contribution is 2.33. The van der Waals surface area contributed by atoms with Crippen LogP contribution in [0.2, 0.25) is 0 Å². The van der Waals surface area contributed by atoms with Crippen LogP contribution in [0.3, 0.4) is 0 Å². The summed E-state index contributed by atoms with van der Waals surface area (Å²) in [4.78, 5) is 0. The largest absolute Gasteiger partial charge is 0.496 e. The van der Waals surface area contributed by atoms with Gasteiger partial charge in [0.1, 0.15) is 12.2 Å². The van der Waals surface area contributed by atoms with E-state index in [0.717, 1.165) is 0 Å². The van der Waals surface area contributed by atoms with E-state index in [0.29, 0.717) is 11.3 Å². The van der Waals surface area contributed by atoms with E-state index < -0.39 is 12.3 Å². The zero-order chi connectivity index (χ0) is 11.5. The molecule has 0 amide bonds. The Labute approximate surface area is 87.1 Å². The van der Waals surface area contributed by atoms with E-state index in [1.54, 1.807) is 6.92 Å². The normalized spacial score (nSPS) is 10.9. The second kappa shape index (κ2) is 4.26. The van der Waals surface area contributed by atoms with Crippen LogP contribution >= 0.6 is 0 Å². The summed E-state index contributed by atoms with van der Waals surface area (Å²) in [5.74, 6) is -2.53. The van der Waals surface area contributed by atoms with E-state index >= 15 is 0 Å². The quantitative estimate of drug-likeness (QED) is 0.769. The molecule has 15 heavy (non-hydrogen) atoms. The first kappa shape index (κ1) is 11.4. The topological polar surface area (TPSA) is 33.0 Å². The van der Waals surface area contributed by atoms with Gasteiger partial charge in [0.15, 0.2) is 0 Å². The van der Waals surface area contributed by atoms with Gasteiger partial charge in [-0.3, -0.25) is 0 Å². The maximum Gasteiger partial charge on any atom is 0.286 e. The molecule has 0 N–H and O–H groups in total. The lowest BCUT2D eigenvalue weighted by molar-refractivity contribution is 0.000855. The number of nitriles is 1. The van der Waals surface area contributed by atoms with Crippen LogP contribution in [0.5, 0.6) is 5.75 Å².